The van der Waals surface area contributed by atoms with Crippen molar-refractivity contribution in [3.05, 3.63) is 23.2 Å². The smallest absolute Gasteiger partial charge is 0.184 e. The first-order valence-electron chi connectivity index (χ1n) is 6.06. The molecule has 0 amide bonds. The van der Waals surface area contributed by atoms with Crippen LogP contribution in [0.2, 0.25) is 5.02 Å². The van der Waals surface area contributed by atoms with Crippen molar-refractivity contribution < 1.29 is 0 Å². The Labute approximate surface area is 110 Å². The number of nitrogens with two attached hydrogens (primary N) is 1. The average Bonchev–Trinajstić information content (AvgIpc) is 2.75. The Morgan fingerprint density at radius 1 is 1.39 bits per heavy atom. The monoisotopic (exact) mass is 263 g/mol. The second-order valence-corrected chi connectivity index (χ2v) is 5.09. The fraction of sp³-hybridized carbons (Fsp3) is 0.417. The van der Waals surface area contributed by atoms with Crippen LogP contribution in [0.4, 0.5) is 5.69 Å². The molecule has 1 aromatic heterocycles. The molecule has 18 heavy (non-hydrogen) atoms. The van der Waals surface area contributed by atoms with E-state index in [1.165, 1.54) is 19.3 Å². The highest BCUT2D eigenvalue weighted by atomic mass is 35.5. The SMILES string of the molecule is Nc1c(Cl)cccc1-c1nnnn1CC1CCC1. The summed E-state index contributed by atoms with van der Waals surface area (Å²) in [4.78, 5) is 0. The third-order valence-corrected chi connectivity index (χ3v) is 3.81. The van der Waals surface area contributed by atoms with Crippen LogP contribution in [0, 0.1) is 5.92 Å². The predicted octanol–water partition coefficient (Wildman–Crippen LogP) is 2.38. The zero-order valence-corrected chi connectivity index (χ0v) is 10.6. The molecule has 1 aliphatic carbocycles. The maximum absolute atomic E-state index is 6.02. The highest BCUT2D eigenvalue weighted by Crippen LogP contribution is 2.32. The van der Waals surface area contributed by atoms with Crippen molar-refractivity contribution in [2.24, 2.45) is 5.92 Å². The van der Waals surface area contributed by atoms with Gasteiger partial charge in [0.2, 0.25) is 0 Å². The summed E-state index contributed by atoms with van der Waals surface area (Å²) in [6.07, 6.45) is 3.82. The van der Waals surface area contributed by atoms with Gasteiger partial charge in [-0.15, -0.1) is 5.10 Å². The molecule has 1 fully saturated rings. The number of aromatic nitrogens is 4. The molecule has 1 saturated carbocycles. The van der Waals surface area contributed by atoms with Crippen molar-refractivity contribution in [1.82, 2.24) is 20.2 Å². The Balaban J connectivity index is 1.95. The number of halogens is 1. The predicted molar refractivity (Wildman–Crippen MR) is 70.0 cm³/mol. The molecule has 0 spiro atoms. The van der Waals surface area contributed by atoms with E-state index in [-0.39, 0.29) is 0 Å². The summed E-state index contributed by atoms with van der Waals surface area (Å²) in [5, 5.41) is 12.4. The largest absolute Gasteiger partial charge is 0.397 e. The minimum Gasteiger partial charge on any atom is -0.397 e. The van der Waals surface area contributed by atoms with Crippen LogP contribution in [0.15, 0.2) is 18.2 Å². The Bertz CT molecular complexity index is 561. The van der Waals surface area contributed by atoms with Crippen molar-refractivity contribution >= 4 is 17.3 Å². The van der Waals surface area contributed by atoms with Gasteiger partial charge in [-0.1, -0.05) is 24.1 Å². The lowest BCUT2D eigenvalue weighted by Gasteiger charge is -2.25. The van der Waals surface area contributed by atoms with E-state index in [1.54, 1.807) is 6.07 Å². The van der Waals surface area contributed by atoms with Gasteiger partial charge in [0.1, 0.15) is 0 Å². The van der Waals surface area contributed by atoms with Crippen molar-refractivity contribution in [3.8, 4) is 11.4 Å². The van der Waals surface area contributed by atoms with Crippen LogP contribution in [-0.4, -0.2) is 20.2 Å². The van der Waals surface area contributed by atoms with Gasteiger partial charge in [0.25, 0.3) is 0 Å². The average molecular weight is 264 g/mol. The summed E-state index contributed by atoms with van der Waals surface area (Å²) < 4.78 is 1.83. The fourth-order valence-corrected chi connectivity index (χ4v) is 2.35. The van der Waals surface area contributed by atoms with E-state index in [1.807, 2.05) is 16.8 Å². The first-order valence-corrected chi connectivity index (χ1v) is 6.44. The van der Waals surface area contributed by atoms with E-state index >= 15 is 0 Å². The molecule has 0 atom stereocenters. The van der Waals surface area contributed by atoms with Crippen molar-refractivity contribution in [2.45, 2.75) is 25.8 Å². The molecule has 3 rings (SSSR count). The molecule has 0 unspecified atom stereocenters. The summed E-state index contributed by atoms with van der Waals surface area (Å²) >= 11 is 6.02. The van der Waals surface area contributed by atoms with E-state index in [4.69, 9.17) is 17.3 Å². The lowest BCUT2D eigenvalue weighted by molar-refractivity contribution is 0.265. The zero-order chi connectivity index (χ0) is 12.5. The van der Waals surface area contributed by atoms with E-state index in [0.717, 1.165) is 12.1 Å². The normalized spacial score (nSPS) is 15.6. The number of hydrogen-bond acceptors (Lipinski definition) is 4. The first kappa shape index (κ1) is 11.5. The van der Waals surface area contributed by atoms with Gasteiger partial charge in [-0.25, -0.2) is 4.68 Å². The van der Waals surface area contributed by atoms with Gasteiger partial charge in [0.15, 0.2) is 5.82 Å². The number of nitrogen functional groups attached to an aromatic ring is 1. The van der Waals surface area contributed by atoms with Gasteiger partial charge < -0.3 is 5.73 Å². The maximum atomic E-state index is 6.02. The van der Waals surface area contributed by atoms with Crippen molar-refractivity contribution in [2.75, 3.05) is 5.73 Å². The van der Waals surface area contributed by atoms with Crippen molar-refractivity contribution in [1.29, 1.82) is 0 Å². The topological polar surface area (TPSA) is 69.6 Å². The summed E-state index contributed by atoms with van der Waals surface area (Å²) in [5.41, 5.74) is 7.31. The lowest BCUT2D eigenvalue weighted by Crippen LogP contribution is -2.19. The van der Waals surface area contributed by atoms with Crippen molar-refractivity contribution in [3.63, 3.8) is 0 Å². The standard InChI is InChI=1S/C12H14ClN5/c13-10-6-2-5-9(11(10)14)12-15-16-17-18(12)7-8-3-1-4-8/h2,5-6,8H,1,3-4,7,14H2. The Kier molecular flexibility index (Phi) is 2.91. The highest BCUT2D eigenvalue weighted by molar-refractivity contribution is 6.33. The van der Waals surface area contributed by atoms with E-state index in [2.05, 4.69) is 15.5 Å². The van der Waals surface area contributed by atoms with E-state index in [9.17, 15) is 0 Å². The summed E-state index contributed by atoms with van der Waals surface area (Å²) in [6, 6.07) is 5.51. The molecule has 1 aliphatic rings. The van der Waals surface area contributed by atoms with Gasteiger partial charge in [0.05, 0.1) is 10.7 Å². The molecule has 0 bridgehead atoms. The molecule has 1 heterocycles. The number of hydrogen-bond donors (Lipinski definition) is 1. The third-order valence-electron chi connectivity index (χ3n) is 3.48. The summed E-state index contributed by atoms with van der Waals surface area (Å²) in [7, 11) is 0. The zero-order valence-electron chi connectivity index (χ0n) is 9.88. The number of para-hydroxylation sites is 1. The molecule has 2 aromatic rings. The Morgan fingerprint density at radius 3 is 2.94 bits per heavy atom. The van der Waals surface area contributed by atoms with Crippen LogP contribution in [0.3, 0.4) is 0 Å². The molecule has 0 radical (unpaired) electrons. The van der Waals surface area contributed by atoms with Gasteiger partial charge >= 0.3 is 0 Å². The van der Waals surface area contributed by atoms with Crippen LogP contribution >= 0.6 is 11.6 Å². The molecule has 0 saturated heterocycles. The molecule has 94 valence electrons. The fourth-order valence-electron chi connectivity index (χ4n) is 2.17. The second-order valence-electron chi connectivity index (χ2n) is 4.68. The number of tetrazole rings is 1. The minimum atomic E-state index is 0.531. The lowest BCUT2D eigenvalue weighted by atomic mass is 9.85. The third kappa shape index (κ3) is 1.95. The number of anilines is 1. The number of nitrogens with zero attached hydrogens (tertiary/aromatic N) is 4. The molecule has 1 aromatic carbocycles. The second kappa shape index (κ2) is 4.57. The number of benzene rings is 1. The first-order chi connectivity index (χ1) is 8.75. The van der Waals surface area contributed by atoms with Gasteiger partial charge in [-0.2, -0.15) is 0 Å². The van der Waals surface area contributed by atoms with Gasteiger partial charge in [-0.3, -0.25) is 0 Å². The molecule has 2 N–H and O–H groups in total. The van der Waals surface area contributed by atoms with Crippen LogP contribution in [0.5, 0.6) is 0 Å². The number of rotatable bonds is 3. The molecule has 0 aliphatic heterocycles. The van der Waals surface area contributed by atoms with Crippen LogP contribution < -0.4 is 5.73 Å². The minimum absolute atomic E-state index is 0.531. The van der Waals surface area contributed by atoms with E-state index < -0.39 is 0 Å². The quantitative estimate of drug-likeness (QED) is 0.863. The van der Waals surface area contributed by atoms with Gasteiger partial charge in [-0.05, 0) is 41.3 Å². The Hall–Kier alpha value is -1.62. The molecular weight excluding hydrogens is 250 g/mol. The molecule has 5 nitrogen and oxygen atoms in total. The summed E-state index contributed by atoms with van der Waals surface area (Å²) in [5.74, 6) is 1.38. The summed E-state index contributed by atoms with van der Waals surface area (Å²) in [6.45, 7) is 0.855. The maximum Gasteiger partial charge on any atom is 0.184 e. The molecule has 6 heteroatoms. The molecular formula is C12H14ClN5. The van der Waals surface area contributed by atoms with Crippen LogP contribution in [0.1, 0.15) is 19.3 Å². The highest BCUT2D eigenvalue weighted by Gasteiger charge is 2.21. The van der Waals surface area contributed by atoms with Crippen LogP contribution in [0.25, 0.3) is 11.4 Å². The Morgan fingerprint density at radius 2 is 2.22 bits per heavy atom. The van der Waals surface area contributed by atoms with Crippen LogP contribution in [-0.2, 0) is 6.54 Å². The van der Waals surface area contributed by atoms with E-state index in [0.29, 0.717) is 22.5 Å². The van der Waals surface area contributed by atoms with Gasteiger partial charge in [0, 0.05) is 12.1 Å².